The van der Waals surface area contributed by atoms with Gasteiger partial charge in [-0.25, -0.2) is 4.79 Å². The van der Waals surface area contributed by atoms with Crippen LogP contribution in [0.25, 0.3) is 0 Å². The van der Waals surface area contributed by atoms with E-state index in [9.17, 15) is 9.59 Å². The van der Waals surface area contributed by atoms with Crippen molar-refractivity contribution in [2.45, 2.75) is 26.2 Å². The predicted molar refractivity (Wildman–Crippen MR) is 76.2 cm³/mol. The first-order valence-corrected chi connectivity index (χ1v) is 7.12. The van der Waals surface area contributed by atoms with E-state index in [0.29, 0.717) is 16.1 Å². The standard InChI is InChI=1S/C14H16BrNO3/c1-8-3-2-4-10(8)13(17)16-9-5-6-12(15)11(7-9)14(18)19/h5-8,10H,2-4H2,1H3,(H,16,17)(H,18,19). The highest BCUT2D eigenvalue weighted by atomic mass is 79.9. The Balaban J connectivity index is 2.13. The highest BCUT2D eigenvalue weighted by Crippen LogP contribution is 2.32. The van der Waals surface area contributed by atoms with E-state index in [1.165, 1.54) is 6.07 Å². The van der Waals surface area contributed by atoms with Crippen LogP contribution < -0.4 is 5.32 Å². The number of carbonyl (C=O) groups is 2. The first kappa shape index (κ1) is 14.1. The number of nitrogens with one attached hydrogen (secondary N) is 1. The van der Waals surface area contributed by atoms with Gasteiger partial charge in [-0.15, -0.1) is 0 Å². The summed E-state index contributed by atoms with van der Waals surface area (Å²) in [6.45, 7) is 2.08. The van der Waals surface area contributed by atoms with E-state index >= 15 is 0 Å². The summed E-state index contributed by atoms with van der Waals surface area (Å²) in [5, 5.41) is 11.8. The average Bonchev–Trinajstić information content (AvgIpc) is 2.77. The van der Waals surface area contributed by atoms with Crippen LogP contribution in [0.5, 0.6) is 0 Å². The third-order valence-corrected chi connectivity index (χ3v) is 4.35. The number of halogens is 1. The Labute approximate surface area is 120 Å². The summed E-state index contributed by atoms with van der Waals surface area (Å²) < 4.78 is 0.507. The molecule has 0 bridgehead atoms. The van der Waals surface area contributed by atoms with E-state index in [1.54, 1.807) is 12.1 Å². The van der Waals surface area contributed by atoms with Crippen LogP contribution in [0.1, 0.15) is 36.5 Å². The van der Waals surface area contributed by atoms with Crippen LogP contribution in [0.15, 0.2) is 22.7 Å². The molecule has 2 atom stereocenters. The molecular weight excluding hydrogens is 310 g/mol. The largest absolute Gasteiger partial charge is 0.478 e. The quantitative estimate of drug-likeness (QED) is 0.893. The van der Waals surface area contributed by atoms with Gasteiger partial charge >= 0.3 is 5.97 Å². The van der Waals surface area contributed by atoms with Crippen LogP contribution in [0.2, 0.25) is 0 Å². The third kappa shape index (κ3) is 3.15. The van der Waals surface area contributed by atoms with E-state index in [1.807, 2.05) is 0 Å². The molecule has 2 rings (SSSR count). The number of carboxylic acid groups (broad SMARTS) is 1. The molecule has 5 heteroatoms. The summed E-state index contributed by atoms with van der Waals surface area (Å²) in [4.78, 5) is 23.1. The molecule has 1 aliphatic rings. The van der Waals surface area contributed by atoms with Crippen LogP contribution in [0.4, 0.5) is 5.69 Å². The van der Waals surface area contributed by atoms with Gasteiger partial charge in [-0.2, -0.15) is 0 Å². The zero-order valence-corrected chi connectivity index (χ0v) is 12.2. The molecule has 1 aromatic rings. The van der Waals surface area contributed by atoms with Gasteiger partial charge in [-0.05, 0) is 52.9 Å². The van der Waals surface area contributed by atoms with Crippen molar-refractivity contribution >= 4 is 33.5 Å². The molecule has 0 radical (unpaired) electrons. The summed E-state index contributed by atoms with van der Waals surface area (Å²) >= 11 is 3.18. The third-order valence-electron chi connectivity index (χ3n) is 3.66. The summed E-state index contributed by atoms with van der Waals surface area (Å²) in [5.74, 6) is -0.591. The number of anilines is 1. The lowest BCUT2D eigenvalue weighted by atomic mass is 9.97. The molecule has 1 fully saturated rings. The number of hydrogen-bond acceptors (Lipinski definition) is 2. The zero-order chi connectivity index (χ0) is 14.0. The summed E-state index contributed by atoms with van der Waals surface area (Å²) in [6.07, 6.45) is 3.08. The first-order valence-electron chi connectivity index (χ1n) is 6.32. The minimum Gasteiger partial charge on any atom is -0.478 e. The van der Waals surface area contributed by atoms with Gasteiger partial charge in [-0.1, -0.05) is 13.3 Å². The zero-order valence-electron chi connectivity index (χ0n) is 10.6. The SMILES string of the molecule is CC1CCCC1C(=O)Nc1ccc(Br)c(C(=O)O)c1. The highest BCUT2D eigenvalue weighted by molar-refractivity contribution is 9.10. The van der Waals surface area contributed by atoms with Crippen LogP contribution in [-0.2, 0) is 4.79 Å². The molecule has 0 aliphatic heterocycles. The fourth-order valence-electron chi connectivity index (χ4n) is 2.54. The van der Waals surface area contributed by atoms with Crippen molar-refractivity contribution in [1.82, 2.24) is 0 Å². The van der Waals surface area contributed by atoms with Crippen LogP contribution in [0.3, 0.4) is 0 Å². The Morgan fingerprint density at radius 1 is 1.37 bits per heavy atom. The van der Waals surface area contributed by atoms with Crippen molar-refractivity contribution in [2.75, 3.05) is 5.32 Å². The van der Waals surface area contributed by atoms with Crippen LogP contribution in [-0.4, -0.2) is 17.0 Å². The van der Waals surface area contributed by atoms with Crippen molar-refractivity contribution in [2.24, 2.45) is 11.8 Å². The van der Waals surface area contributed by atoms with Crippen LogP contribution in [0, 0.1) is 11.8 Å². The fraction of sp³-hybridized carbons (Fsp3) is 0.429. The van der Waals surface area contributed by atoms with Crippen molar-refractivity contribution in [3.63, 3.8) is 0 Å². The van der Waals surface area contributed by atoms with Crippen molar-refractivity contribution in [3.05, 3.63) is 28.2 Å². The molecular formula is C14H16BrNO3. The molecule has 4 nitrogen and oxygen atoms in total. The van der Waals surface area contributed by atoms with E-state index in [2.05, 4.69) is 28.2 Å². The second-order valence-electron chi connectivity index (χ2n) is 5.00. The number of aromatic carboxylic acids is 1. The second-order valence-corrected chi connectivity index (χ2v) is 5.86. The molecule has 19 heavy (non-hydrogen) atoms. The highest BCUT2D eigenvalue weighted by Gasteiger charge is 2.29. The smallest absolute Gasteiger partial charge is 0.336 e. The van der Waals surface area contributed by atoms with Gasteiger partial charge in [0.2, 0.25) is 5.91 Å². The molecule has 2 unspecified atom stereocenters. The second kappa shape index (κ2) is 5.74. The molecule has 1 aliphatic carbocycles. The molecule has 102 valence electrons. The molecule has 0 spiro atoms. The number of hydrogen-bond donors (Lipinski definition) is 2. The van der Waals surface area contributed by atoms with Gasteiger partial charge < -0.3 is 10.4 Å². The number of benzene rings is 1. The van der Waals surface area contributed by atoms with Gasteiger partial charge in [0.1, 0.15) is 0 Å². The first-order chi connectivity index (χ1) is 8.99. The molecule has 0 aromatic heterocycles. The average molecular weight is 326 g/mol. The van der Waals surface area contributed by atoms with Gasteiger partial charge in [0, 0.05) is 16.1 Å². The Morgan fingerprint density at radius 2 is 2.11 bits per heavy atom. The van der Waals surface area contributed by atoms with Gasteiger partial charge in [0.25, 0.3) is 0 Å². The maximum absolute atomic E-state index is 12.1. The summed E-state index contributed by atoms with van der Waals surface area (Å²) in [7, 11) is 0. The maximum Gasteiger partial charge on any atom is 0.336 e. The lowest BCUT2D eigenvalue weighted by Crippen LogP contribution is -2.24. The topological polar surface area (TPSA) is 66.4 Å². The van der Waals surface area contributed by atoms with Gasteiger partial charge in [0.15, 0.2) is 0 Å². The minimum absolute atomic E-state index is 0.0105. The predicted octanol–water partition coefficient (Wildman–Crippen LogP) is 3.52. The Bertz CT molecular complexity index is 515. The summed E-state index contributed by atoms with van der Waals surface area (Å²) in [5.41, 5.74) is 0.682. The minimum atomic E-state index is -1.02. The lowest BCUT2D eigenvalue weighted by Gasteiger charge is -2.15. The Morgan fingerprint density at radius 3 is 2.68 bits per heavy atom. The molecule has 1 aromatic carbocycles. The molecule has 0 heterocycles. The fourth-order valence-corrected chi connectivity index (χ4v) is 2.95. The van der Waals surface area contributed by atoms with Crippen molar-refractivity contribution in [3.8, 4) is 0 Å². The maximum atomic E-state index is 12.1. The summed E-state index contributed by atoms with van der Waals surface area (Å²) in [6, 6.07) is 4.81. The van der Waals surface area contributed by atoms with E-state index in [0.717, 1.165) is 19.3 Å². The van der Waals surface area contributed by atoms with Crippen molar-refractivity contribution < 1.29 is 14.7 Å². The van der Waals surface area contributed by atoms with E-state index in [4.69, 9.17) is 5.11 Å². The Hall–Kier alpha value is -1.36. The lowest BCUT2D eigenvalue weighted by molar-refractivity contribution is -0.120. The molecule has 0 saturated heterocycles. The molecule has 2 N–H and O–H groups in total. The number of amides is 1. The van der Waals surface area contributed by atoms with Gasteiger partial charge in [0.05, 0.1) is 5.56 Å². The van der Waals surface area contributed by atoms with E-state index in [-0.39, 0.29) is 17.4 Å². The number of carbonyl (C=O) groups excluding carboxylic acids is 1. The normalized spacial score (nSPS) is 22.2. The van der Waals surface area contributed by atoms with Crippen LogP contribution >= 0.6 is 15.9 Å². The van der Waals surface area contributed by atoms with Gasteiger partial charge in [-0.3, -0.25) is 4.79 Å². The number of carboxylic acids is 1. The molecule has 1 saturated carbocycles. The van der Waals surface area contributed by atoms with Crippen molar-refractivity contribution in [1.29, 1.82) is 0 Å². The molecule has 1 amide bonds. The monoisotopic (exact) mass is 325 g/mol. The van der Waals surface area contributed by atoms with E-state index < -0.39 is 5.97 Å². The number of rotatable bonds is 3. The Kier molecular flexibility index (Phi) is 4.24.